The first kappa shape index (κ1) is 113. The fraction of sp³-hybridized carbons (Fsp3) is 0.760. The molecule has 12 fully saturated rings. The zero-order valence-corrected chi connectivity index (χ0v) is 96.5. The topological polar surface area (TPSA) is 319 Å². The van der Waals surface area contributed by atoms with Crippen molar-refractivity contribution in [3.8, 4) is 24.3 Å². The lowest BCUT2D eigenvalue weighted by Crippen LogP contribution is -2.64. The van der Waals surface area contributed by atoms with Crippen molar-refractivity contribution in [2.45, 2.75) is 368 Å². The Kier molecular flexibility index (Phi) is 27.0. The minimum Gasteiger partial charge on any atom is -0.359 e. The second-order valence-corrected chi connectivity index (χ2v) is 60.5. The summed E-state index contributed by atoms with van der Waals surface area (Å²) in [5, 5.41) is 47.6. The van der Waals surface area contributed by atoms with Gasteiger partial charge in [0.25, 0.3) is 0 Å². The van der Waals surface area contributed by atoms with E-state index in [-0.39, 0.29) is 229 Å². The van der Waals surface area contributed by atoms with Crippen LogP contribution < -0.4 is 16.0 Å². The summed E-state index contributed by atoms with van der Waals surface area (Å²) in [7, 11) is 1.73. The van der Waals surface area contributed by atoms with Gasteiger partial charge in [0.15, 0.2) is 46.3 Å². The Morgan fingerprint density at radius 3 is 0.780 bits per heavy atom. The molecule has 0 saturated heterocycles. The quantitative estimate of drug-likeness (QED) is 0.230. The van der Waals surface area contributed by atoms with Gasteiger partial charge in [-0.2, -0.15) is 34.2 Å². The molecule has 20 rings (SSSR count). The highest BCUT2D eigenvalue weighted by Crippen LogP contribution is 2.81. The van der Waals surface area contributed by atoms with Gasteiger partial charge in [-0.05, 0) is 327 Å². The van der Waals surface area contributed by atoms with Gasteiger partial charge in [-0.3, -0.25) is 52.7 Å². The first-order valence-corrected chi connectivity index (χ1v) is 57.6. The molecule has 32 atom stereocenters. The number of halogens is 3. The molecule has 814 valence electrons. The van der Waals surface area contributed by atoms with Crippen LogP contribution in [-0.4, -0.2) is 90.3 Å². The molecule has 0 bridgehead atoms. The SMILES string of the molecule is CC1(C)C[C@@H](C(=O)NCC(F)(F)F)C2CC[C@]3(C)[C@H](C(=O)C=C4[C@@]5(C)C=C(C#N)C(=O)C(C)(C)C5CC[C@]43C)[C@H]2C1.CCNC(=O)[C@@H]1CC(C)(C)C[C@H]2C1CC[C@]1(C)[C@@H]2C(=O)C=C2[C@@]3(C)C=C(C#N)C(=O)C(C)(C)C3CC[C@]21C.CNC(=O)[C@@H]1CC(C)(C)C[C@H]2C1CC[C@]1(C)[C@@H]2C(=O)C=C2[C@@]3(C)C=C(C#N)C(=O)C(C)(C)C3CC[C@]21C.C[C@@H]1CC(C)(C)C[C@H]2C1CC[C@]1(C)[C@@H]2C(=O)C=C2[C@@]3(C)C=C(C#N)C(=O)C(C)(C)C3CC[C@]21C. The minimum atomic E-state index is -4.48. The van der Waals surface area contributed by atoms with E-state index < -0.39 is 73.3 Å². The highest BCUT2D eigenvalue weighted by atomic mass is 19.4. The van der Waals surface area contributed by atoms with E-state index in [1.807, 2.05) is 105 Å². The predicted octanol–water partition coefficient (Wildman–Crippen LogP) is 25.8. The number of allylic oxidation sites excluding steroid dienone is 16. The van der Waals surface area contributed by atoms with Crippen LogP contribution in [0.2, 0.25) is 0 Å². The number of alkyl halides is 3. The van der Waals surface area contributed by atoms with Gasteiger partial charge in [0.05, 0.1) is 22.3 Å². The number of Topliss-reactive ketones (excluding diaryl/α,β-unsaturated/α-hetero) is 4. The van der Waals surface area contributed by atoms with Crippen molar-refractivity contribution in [3.05, 3.63) is 93.2 Å². The number of amides is 3. The normalized spacial score (nSPS) is 45.4. The lowest BCUT2D eigenvalue weighted by Gasteiger charge is -2.68. The number of hydrogen-bond donors (Lipinski definition) is 3. The third kappa shape index (κ3) is 16.2. The minimum absolute atomic E-state index is 0.00215. The maximum Gasteiger partial charge on any atom is 0.405 e. The van der Waals surface area contributed by atoms with E-state index in [1.54, 1.807) is 13.1 Å². The summed E-state index contributed by atoms with van der Waals surface area (Å²) in [6, 6.07) is 8.70. The maximum absolute atomic E-state index is 14.4. The molecule has 0 aromatic heterocycles. The molecule has 12 saturated carbocycles. The van der Waals surface area contributed by atoms with Crippen molar-refractivity contribution in [1.82, 2.24) is 16.0 Å². The summed E-state index contributed by atoms with van der Waals surface area (Å²) in [5.74, 6) is 1.53. The highest BCUT2D eigenvalue weighted by molar-refractivity contribution is 6.08. The Morgan fingerprint density at radius 1 is 0.320 bits per heavy atom. The van der Waals surface area contributed by atoms with Gasteiger partial charge in [0, 0.05) is 98.3 Å². The predicted molar refractivity (Wildman–Crippen MR) is 573 cm³/mol. The number of nitrogens with zero attached hydrogens (tertiary/aromatic N) is 4. The number of ketones is 8. The smallest absolute Gasteiger partial charge is 0.359 e. The summed E-state index contributed by atoms with van der Waals surface area (Å²) < 4.78 is 38.9. The molecule has 0 aromatic rings. The first-order valence-electron chi connectivity index (χ1n) is 57.6. The number of fused-ring (bicyclic) bond motifs is 28. The van der Waals surface area contributed by atoms with Crippen LogP contribution in [0.4, 0.5) is 13.2 Å². The summed E-state index contributed by atoms with van der Waals surface area (Å²) >= 11 is 0. The van der Waals surface area contributed by atoms with Crippen molar-refractivity contribution in [2.75, 3.05) is 20.1 Å². The summed E-state index contributed by atoms with van der Waals surface area (Å²) in [6.45, 7) is 64.7. The Bertz CT molecular complexity index is 6240. The van der Waals surface area contributed by atoms with E-state index in [0.29, 0.717) is 49.3 Å². The second-order valence-electron chi connectivity index (χ2n) is 60.5. The molecule has 0 aromatic carbocycles. The molecule has 21 heteroatoms. The fourth-order valence-electron chi connectivity index (χ4n) is 42.0. The summed E-state index contributed by atoms with van der Waals surface area (Å²) in [6.07, 6.45) is 32.8. The van der Waals surface area contributed by atoms with Crippen LogP contribution in [0.3, 0.4) is 0 Å². The number of carbonyl (C=O) groups is 11. The Hall–Kier alpha value is -8.56. The lowest BCUT2D eigenvalue weighted by molar-refractivity contribution is -0.166. The van der Waals surface area contributed by atoms with Gasteiger partial charge in [0.1, 0.15) is 30.8 Å². The van der Waals surface area contributed by atoms with Gasteiger partial charge in [0.2, 0.25) is 17.7 Å². The molecule has 0 radical (unpaired) electrons. The monoisotopic (exact) mass is 2060 g/mol. The van der Waals surface area contributed by atoms with E-state index in [2.05, 4.69) is 186 Å². The molecular weight excluding hydrogens is 1880 g/mol. The molecule has 20 aliphatic rings. The number of hydrogen-bond acceptors (Lipinski definition) is 15. The Labute approximate surface area is 893 Å². The molecule has 18 nitrogen and oxygen atoms in total. The van der Waals surface area contributed by atoms with Crippen molar-refractivity contribution in [3.63, 3.8) is 0 Å². The summed E-state index contributed by atoms with van der Waals surface area (Å²) in [4.78, 5) is 149. The van der Waals surface area contributed by atoms with Crippen LogP contribution in [0.5, 0.6) is 0 Å². The third-order valence-corrected chi connectivity index (χ3v) is 49.1. The molecule has 0 spiro atoms. The average Bonchev–Trinajstić information content (AvgIpc) is 0.698. The van der Waals surface area contributed by atoms with Crippen LogP contribution in [0.15, 0.2) is 93.2 Å². The lowest BCUT2D eigenvalue weighted by atomic mass is 9.35. The second kappa shape index (κ2) is 36.0. The molecular formula is C129H176F3N7O11. The zero-order valence-electron chi connectivity index (χ0n) is 96.5. The summed E-state index contributed by atoms with van der Waals surface area (Å²) in [5.41, 5.74) is -1.18. The van der Waals surface area contributed by atoms with Crippen molar-refractivity contribution in [1.29, 1.82) is 21.0 Å². The van der Waals surface area contributed by atoms with Crippen LogP contribution in [0.25, 0.3) is 0 Å². The molecule has 3 N–H and O–H groups in total. The third-order valence-electron chi connectivity index (χ3n) is 49.1. The van der Waals surface area contributed by atoms with E-state index in [1.165, 1.54) is 18.4 Å². The maximum atomic E-state index is 14.4. The van der Waals surface area contributed by atoms with Crippen molar-refractivity contribution >= 4 is 64.0 Å². The fourth-order valence-corrected chi connectivity index (χ4v) is 42.0. The number of carbonyl (C=O) groups excluding carboxylic acids is 11. The van der Waals surface area contributed by atoms with Gasteiger partial charge < -0.3 is 16.0 Å². The molecule has 0 heterocycles. The van der Waals surface area contributed by atoms with Gasteiger partial charge in [-0.15, -0.1) is 0 Å². The highest BCUT2D eigenvalue weighted by Gasteiger charge is 2.76. The van der Waals surface area contributed by atoms with Crippen molar-refractivity contribution < 1.29 is 65.9 Å². The van der Waals surface area contributed by atoms with Crippen LogP contribution in [0.1, 0.15) is 362 Å². The molecule has 20 aliphatic carbocycles. The van der Waals surface area contributed by atoms with Crippen LogP contribution >= 0.6 is 0 Å². The van der Waals surface area contributed by atoms with Crippen LogP contribution in [-0.2, 0) is 52.7 Å². The molecule has 150 heavy (non-hydrogen) atoms. The molecule has 0 aliphatic heterocycles. The average molecular weight is 2060 g/mol. The standard InChI is InChI=1S/C33H43F3N2O3.C33H46N2O3.C32H44N2O3.C31H43NO2/c1-28(2)14-20-19(21(15-28)27(41)38-17-33(34,35)36)8-10-32(7)25(20)22(39)12-24-30(5)13-18(16-37)26(40)29(3,4)23(30)9-11-31(24,32)6;1-9-35-28(38)22-17-29(2,3)16-21-20(22)10-12-33(8)26(21)23(36)14-25-31(6)15-19(18-34)27(37)30(4,5)24(31)11-13-32(25,33)7;1-28(2)15-20-19(21(16-28)27(37)34-8)9-11-32(7)25(20)22(35)13-24-30(5)14-18(17-33)26(36)29(3,4)23(30)10-12-31(24,32)6;1-18-14-27(2,3)16-21-20(18)9-11-31(8)25(21)22(33)13-24-29(6)15-19(17-32)26(34)28(4,5)23(29)10-12-30(24,31)7/h12-13,19-21,23,25H,8-11,14-15,17H2,1-7H3,(H,38,41);14-15,20-22,24,26H,9-13,16-17H2,1-8H3,(H,35,38);13-14,19-21,23,25H,9-12,15-16H2,1-8H3,(H,34,37);13,15,18,20-21,23,25H,9-12,14,16H2,1-8H3/t19?,20-,21+,23?,25-,30-,31+,32+;20?,21-,22+,24?,26-,31-,32+,33+;19?,20-,21+,23?,25-,30-,31+,32+;18-,20?,21+,23?,25+,29+,30-,31-/m0001/s1. The zero-order chi connectivity index (χ0) is 111. The van der Waals surface area contributed by atoms with E-state index in [4.69, 9.17) is 0 Å². The molecule has 3 amide bonds. The van der Waals surface area contributed by atoms with Crippen molar-refractivity contribution in [2.24, 2.45) is 227 Å². The van der Waals surface area contributed by atoms with E-state index in [9.17, 15) is 87.0 Å². The number of nitriles is 4. The van der Waals surface area contributed by atoms with Gasteiger partial charge >= 0.3 is 6.18 Å². The van der Waals surface area contributed by atoms with E-state index in [0.717, 1.165) is 139 Å². The first-order chi connectivity index (χ1) is 69.0. The largest absolute Gasteiger partial charge is 0.405 e. The van der Waals surface area contributed by atoms with Gasteiger partial charge in [-0.25, -0.2) is 0 Å². The van der Waals surface area contributed by atoms with Crippen LogP contribution in [0, 0.1) is 272 Å². The van der Waals surface area contributed by atoms with Gasteiger partial charge in [-0.1, -0.05) is 247 Å². The Balaban J connectivity index is 0.000000136. The number of rotatable bonds is 5. The Morgan fingerprint density at radius 2 is 0.547 bits per heavy atom. The van der Waals surface area contributed by atoms with E-state index >= 15 is 0 Å². The number of nitrogens with one attached hydrogen (secondary N) is 3. The molecule has 8 unspecified atom stereocenters.